The minimum Gasteiger partial charge on any atom is -0.395 e. The molecule has 0 aliphatic heterocycles. The number of benzene rings is 1. The van der Waals surface area contributed by atoms with Gasteiger partial charge in [-0.1, -0.05) is 6.07 Å². The maximum Gasteiger partial charge on any atom is 0.242 e. The molecular weight excluding hydrogens is 247 g/mol. The Morgan fingerprint density at radius 2 is 2.06 bits per heavy atom. The molecule has 0 aliphatic carbocycles. The second kappa shape index (κ2) is 4.59. The maximum absolute atomic E-state index is 13.1. The average Bonchev–Trinajstić information content (AvgIpc) is 2.18. The van der Waals surface area contributed by atoms with Crippen LogP contribution in [0, 0.1) is 5.82 Å². The van der Waals surface area contributed by atoms with Crippen molar-refractivity contribution in [3.8, 4) is 0 Å². The molecule has 1 aromatic rings. The number of sulfonamides is 1. The summed E-state index contributed by atoms with van der Waals surface area (Å²) >= 11 is 0. The van der Waals surface area contributed by atoms with Crippen LogP contribution in [0.5, 0.6) is 0 Å². The highest BCUT2D eigenvalue weighted by Gasteiger charge is 2.22. The molecule has 5 nitrogen and oxygen atoms in total. The number of para-hydroxylation sites is 1. The summed E-state index contributed by atoms with van der Waals surface area (Å²) < 4.78 is 38.8. The van der Waals surface area contributed by atoms with E-state index in [9.17, 15) is 17.9 Å². The molecule has 0 spiro atoms. The number of nitrogen functional groups attached to an aromatic ring is 1. The van der Waals surface area contributed by atoms with Crippen molar-refractivity contribution in [3.05, 3.63) is 24.0 Å². The van der Waals surface area contributed by atoms with Crippen LogP contribution in [-0.2, 0) is 10.0 Å². The lowest BCUT2D eigenvalue weighted by molar-refractivity contribution is 0.0857. The highest BCUT2D eigenvalue weighted by Crippen LogP contribution is 2.20. The molecule has 0 saturated carbocycles. The Bertz CT molecular complexity index is 509. The van der Waals surface area contributed by atoms with Gasteiger partial charge in [0.25, 0.3) is 0 Å². The summed E-state index contributed by atoms with van der Waals surface area (Å²) in [5, 5.41) is 9.42. The first-order chi connectivity index (χ1) is 7.63. The van der Waals surface area contributed by atoms with Crippen LogP contribution in [0.4, 0.5) is 10.1 Å². The smallest absolute Gasteiger partial charge is 0.242 e. The zero-order chi connectivity index (χ0) is 13.3. The van der Waals surface area contributed by atoms with Crippen molar-refractivity contribution in [3.63, 3.8) is 0 Å². The van der Waals surface area contributed by atoms with Crippen LogP contribution in [0.2, 0.25) is 0 Å². The molecule has 4 N–H and O–H groups in total. The van der Waals surface area contributed by atoms with Crippen molar-refractivity contribution < 1.29 is 17.9 Å². The number of halogens is 1. The van der Waals surface area contributed by atoms with Gasteiger partial charge in [-0.25, -0.2) is 17.5 Å². The number of anilines is 1. The molecule has 1 rings (SSSR count). The van der Waals surface area contributed by atoms with Crippen molar-refractivity contribution in [1.82, 2.24) is 4.72 Å². The molecule has 0 atom stereocenters. The summed E-state index contributed by atoms with van der Waals surface area (Å²) in [5.74, 6) is -0.795. The molecule has 0 amide bonds. The second-order valence-corrected chi connectivity index (χ2v) is 6.02. The summed E-state index contributed by atoms with van der Waals surface area (Å²) in [5.41, 5.74) is 3.72. The Hall–Kier alpha value is -1.18. The van der Waals surface area contributed by atoms with Crippen LogP contribution in [0.3, 0.4) is 0 Å². The van der Waals surface area contributed by atoms with E-state index < -0.39 is 27.1 Å². The lowest BCUT2D eigenvalue weighted by Crippen LogP contribution is -2.38. The van der Waals surface area contributed by atoms with Crippen molar-refractivity contribution in [2.24, 2.45) is 0 Å². The molecule has 0 radical (unpaired) electrons. The van der Waals surface area contributed by atoms with Crippen molar-refractivity contribution in [2.45, 2.75) is 24.3 Å². The predicted octanol–water partition coefficient (Wildman–Crippen LogP) is 0.457. The third-order valence-corrected chi connectivity index (χ3v) is 3.46. The minimum atomic E-state index is -3.92. The number of nitrogens with one attached hydrogen (secondary N) is 1. The molecule has 0 unspecified atom stereocenters. The molecule has 0 saturated heterocycles. The van der Waals surface area contributed by atoms with Gasteiger partial charge in [0.05, 0.1) is 11.3 Å². The summed E-state index contributed by atoms with van der Waals surface area (Å²) in [6.07, 6.45) is 0. The standard InChI is InChI=1S/C10H15FN2O3S/c1-10(2,14)6-13-17(15,16)8-5-3-4-7(11)9(8)12/h3-5,13-14H,6,12H2,1-2H3. The van der Waals surface area contributed by atoms with E-state index in [1.165, 1.54) is 26.0 Å². The van der Waals surface area contributed by atoms with Gasteiger partial charge in [-0.3, -0.25) is 0 Å². The SMILES string of the molecule is CC(C)(O)CNS(=O)(=O)c1cccc(F)c1N. The summed E-state index contributed by atoms with van der Waals surface area (Å²) in [7, 11) is -3.92. The third kappa shape index (κ3) is 3.65. The second-order valence-electron chi connectivity index (χ2n) is 4.29. The topological polar surface area (TPSA) is 92.4 Å². The van der Waals surface area contributed by atoms with E-state index in [2.05, 4.69) is 4.72 Å². The first kappa shape index (κ1) is 13.9. The van der Waals surface area contributed by atoms with Crippen molar-refractivity contribution >= 4 is 15.7 Å². The lowest BCUT2D eigenvalue weighted by Gasteiger charge is -2.18. The zero-order valence-corrected chi connectivity index (χ0v) is 10.4. The number of nitrogens with two attached hydrogens (primary N) is 1. The molecule has 1 aromatic carbocycles. The number of rotatable bonds is 4. The normalized spacial score (nSPS) is 12.7. The van der Waals surface area contributed by atoms with Gasteiger partial charge in [-0.05, 0) is 26.0 Å². The highest BCUT2D eigenvalue weighted by atomic mass is 32.2. The fraction of sp³-hybridized carbons (Fsp3) is 0.400. The number of aliphatic hydroxyl groups is 1. The molecule has 0 aliphatic rings. The molecular formula is C10H15FN2O3S. The van der Waals surface area contributed by atoms with Gasteiger partial charge < -0.3 is 10.8 Å². The Labute approximate surface area is 99.5 Å². The van der Waals surface area contributed by atoms with Crippen molar-refractivity contribution in [1.29, 1.82) is 0 Å². The van der Waals surface area contributed by atoms with E-state index in [0.29, 0.717) is 0 Å². The number of hydrogen-bond acceptors (Lipinski definition) is 4. The summed E-state index contributed by atoms with van der Waals surface area (Å²) in [6.45, 7) is 2.71. The Morgan fingerprint density at radius 3 is 2.59 bits per heavy atom. The van der Waals surface area contributed by atoms with Gasteiger partial charge in [0.1, 0.15) is 10.7 Å². The van der Waals surface area contributed by atoms with Gasteiger partial charge in [0, 0.05) is 6.54 Å². The van der Waals surface area contributed by atoms with Crippen LogP contribution in [-0.4, -0.2) is 25.7 Å². The van der Waals surface area contributed by atoms with Gasteiger partial charge in [-0.2, -0.15) is 0 Å². The van der Waals surface area contributed by atoms with Crippen LogP contribution < -0.4 is 10.5 Å². The largest absolute Gasteiger partial charge is 0.395 e. The fourth-order valence-corrected chi connectivity index (χ4v) is 2.44. The third-order valence-electron chi connectivity index (χ3n) is 2.00. The van der Waals surface area contributed by atoms with E-state index in [1.807, 2.05) is 0 Å². The van der Waals surface area contributed by atoms with Gasteiger partial charge in [0.15, 0.2) is 0 Å². The van der Waals surface area contributed by atoms with E-state index in [1.54, 1.807) is 0 Å². The van der Waals surface area contributed by atoms with Crippen LogP contribution >= 0.6 is 0 Å². The Balaban J connectivity index is 3.02. The molecule has 0 heterocycles. The van der Waals surface area contributed by atoms with Gasteiger partial charge in [-0.15, -0.1) is 0 Å². The lowest BCUT2D eigenvalue weighted by atomic mass is 10.1. The van der Waals surface area contributed by atoms with Crippen LogP contribution in [0.1, 0.15) is 13.8 Å². The molecule has 17 heavy (non-hydrogen) atoms. The molecule has 0 bridgehead atoms. The van der Waals surface area contributed by atoms with E-state index in [-0.39, 0.29) is 11.4 Å². The predicted molar refractivity (Wildman–Crippen MR) is 62.3 cm³/mol. The fourth-order valence-electron chi connectivity index (χ4n) is 1.10. The Kier molecular flexibility index (Phi) is 3.75. The van der Waals surface area contributed by atoms with E-state index in [0.717, 1.165) is 6.07 Å². The first-order valence-corrected chi connectivity index (χ1v) is 6.38. The molecule has 7 heteroatoms. The number of hydrogen-bond donors (Lipinski definition) is 3. The molecule has 0 fully saturated rings. The summed E-state index contributed by atoms with van der Waals surface area (Å²) in [4.78, 5) is -0.332. The van der Waals surface area contributed by atoms with Crippen LogP contribution in [0.15, 0.2) is 23.1 Å². The summed E-state index contributed by atoms with van der Waals surface area (Å²) in [6, 6.07) is 3.53. The average molecular weight is 262 g/mol. The van der Waals surface area contributed by atoms with Crippen molar-refractivity contribution in [2.75, 3.05) is 12.3 Å². The Morgan fingerprint density at radius 1 is 1.47 bits per heavy atom. The van der Waals surface area contributed by atoms with Crippen LogP contribution in [0.25, 0.3) is 0 Å². The highest BCUT2D eigenvalue weighted by molar-refractivity contribution is 7.89. The quantitative estimate of drug-likeness (QED) is 0.687. The van der Waals surface area contributed by atoms with Gasteiger partial charge >= 0.3 is 0 Å². The zero-order valence-electron chi connectivity index (χ0n) is 9.57. The maximum atomic E-state index is 13.1. The monoisotopic (exact) mass is 262 g/mol. The van der Waals surface area contributed by atoms with E-state index >= 15 is 0 Å². The molecule has 0 aromatic heterocycles. The van der Waals surface area contributed by atoms with Gasteiger partial charge in [0.2, 0.25) is 10.0 Å². The van der Waals surface area contributed by atoms with E-state index in [4.69, 9.17) is 5.73 Å². The molecule has 96 valence electrons. The first-order valence-electron chi connectivity index (χ1n) is 4.89. The minimum absolute atomic E-state index is 0.189.